The fraction of sp³-hybridized carbons (Fsp3) is 0.0145. The molecule has 3 aromatic heterocycles. The topological polar surface area (TPSA) is 52.2 Å². The number of nitrogens with zero attached hydrogens (tertiary/aromatic N) is 4. The quantitative estimate of drug-likeness (QED) is 0.135. The van der Waals surface area contributed by atoms with Gasteiger partial charge in [-0.2, -0.15) is 0 Å². The summed E-state index contributed by atoms with van der Waals surface area (Å²) in [5.41, 5.74) is 16.0. The number of aromatic nitrogens is 3. The maximum atomic E-state index is 16.1. The van der Waals surface area contributed by atoms with E-state index in [1.54, 1.807) is 11.0 Å². The SMILES string of the molecule is CN(C(=O)c1c(C=O)cccc1-n1c2ccc(-n3c4ccccc4c4ccccc43)cc2c2cc(-n3c4ccccc4c4ccccc43)ccc21)c1c(-c2ccccc2)cc(-c2ccccc2)cc1-c1ccccc1. The lowest BCUT2D eigenvalue weighted by atomic mass is 9.90. The second-order valence-corrected chi connectivity index (χ2v) is 19.2. The molecule has 0 spiro atoms. The molecule has 11 aromatic carbocycles. The van der Waals surface area contributed by atoms with Crippen molar-refractivity contribution in [2.24, 2.45) is 0 Å². The van der Waals surface area contributed by atoms with Crippen LogP contribution in [0.5, 0.6) is 0 Å². The van der Waals surface area contributed by atoms with Crippen molar-refractivity contribution < 1.29 is 9.59 Å². The molecule has 0 aliphatic carbocycles. The Morgan fingerprint density at radius 1 is 0.360 bits per heavy atom. The number of rotatable bonds is 9. The Morgan fingerprint density at radius 3 is 1.17 bits per heavy atom. The summed E-state index contributed by atoms with van der Waals surface area (Å²) in [5, 5.41) is 6.74. The van der Waals surface area contributed by atoms with Crippen LogP contribution in [0.3, 0.4) is 0 Å². The molecule has 14 rings (SSSR count). The van der Waals surface area contributed by atoms with Crippen LogP contribution in [0.1, 0.15) is 20.7 Å². The summed E-state index contributed by atoms with van der Waals surface area (Å²) < 4.78 is 6.87. The Hall–Kier alpha value is -10.0. The number of amides is 1. The van der Waals surface area contributed by atoms with Gasteiger partial charge in [0.25, 0.3) is 5.91 Å². The Labute approximate surface area is 432 Å². The lowest BCUT2D eigenvalue weighted by Gasteiger charge is -2.27. The molecule has 0 radical (unpaired) electrons. The van der Waals surface area contributed by atoms with Gasteiger partial charge in [-0.15, -0.1) is 0 Å². The molecule has 0 unspecified atom stereocenters. The van der Waals surface area contributed by atoms with E-state index in [1.165, 1.54) is 21.5 Å². The van der Waals surface area contributed by atoms with Crippen molar-refractivity contribution in [2.45, 2.75) is 0 Å². The van der Waals surface area contributed by atoms with Gasteiger partial charge in [-0.1, -0.05) is 176 Å². The van der Waals surface area contributed by atoms with Crippen LogP contribution in [0.2, 0.25) is 0 Å². The number of hydrogen-bond donors (Lipinski definition) is 0. The van der Waals surface area contributed by atoms with Crippen LogP contribution in [-0.4, -0.2) is 32.9 Å². The van der Waals surface area contributed by atoms with Gasteiger partial charge >= 0.3 is 0 Å². The average Bonchev–Trinajstić information content (AvgIpc) is 4.15. The zero-order chi connectivity index (χ0) is 50.1. The monoisotopic (exact) mass is 962 g/mol. The molecule has 14 aromatic rings. The largest absolute Gasteiger partial charge is 0.310 e. The van der Waals surface area contributed by atoms with Crippen molar-refractivity contribution in [1.29, 1.82) is 0 Å². The molecule has 354 valence electrons. The number of aldehydes is 1. The fourth-order valence-corrected chi connectivity index (χ4v) is 11.8. The van der Waals surface area contributed by atoms with E-state index in [9.17, 15) is 4.79 Å². The zero-order valence-corrected chi connectivity index (χ0v) is 40.9. The number of carbonyl (C=O) groups is 2. The lowest BCUT2D eigenvalue weighted by Crippen LogP contribution is -2.29. The Balaban J connectivity index is 1.02. The van der Waals surface area contributed by atoms with Crippen molar-refractivity contribution >= 4 is 83.3 Å². The second kappa shape index (κ2) is 17.6. The molecule has 0 fully saturated rings. The van der Waals surface area contributed by atoms with Gasteiger partial charge in [0.2, 0.25) is 0 Å². The van der Waals surface area contributed by atoms with Crippen LogP contribution >= 0.6 is 0 Å². The van der Waals surface area contributed by atoms with Crippen molar-refractivity contribution in [1.82, 2.24) is 13.7 Å². The maximum absolute atomic E-state index is 16.1. The molecule has 75 heavy (non-hydrogen) atoms. The van der Waals surface area contributed by atoms with E-state index in [0.717, 1.165) is 101 Å². The number of para-hydroxylation sites is 4. The summed E-state index contributed by atoms with van der Waals surface area (Å²) in [6, 6.07) is 88.3. The van der Waals surface area contributed by atoms with Crippen molar-refractivity contribution in [3.8, 4) is 50.4 Å². The van der Waals surface area contributed by atoms with Crippen molar-refractivity contribution in [3.05, 3.63) is 266 Å². The molecule has 0 N–H and O–H groups in total. The number of fused-ring (bicyclic) bond motifs is 9. The van der Waals surface area contributed by atoms with E-state index in [0.29, 0.717) is 16.8 Å². The van der Waals surface area contributed by atoms with Gasteiger partial charge in [0.05, 0.1) is 50.0 Å². The molecule has 6 nitrogen and oxygen atoms in total. The Morgan fingerprint density at radius 2 is 0.747 bits per heavy atom. The minimum atomic E-state index is -0.312. The van der Waals surface area contributed by atoms with Crippen LogP contribution in [0.4, 0.5) is 5.69 Å². The molecular weight excluding hydrogens is 917 g/mol. The highest BCUT2D eigenvalue weighted by Crippen LogP contribution is 2.45. The first kappa shape index (κ1) is 43.7. The third-order valence-corrected chi connectivity index (χ3v) is 15.1. The van der Waals surface area contributed by atoms with Crippen molar-refractivity contribution in [3.63, 3.8) is 0 Å². The minimum absolute atomic E-state index is 0.298. The molecule has 0 saturated carbocycles. The molecule has 0 bridgehead atoms. The zero-order valence-electron chi connectivity index (χ0n) is 40.9. The molecule has 3 heterocycles. The second-order valence-electron chi connectivity index (χ2n) is 19.2. The van der Waals surface area contributed by atoms with E-state index in [-0.39, 0.29) is 5.91 Å². The van der Waals surface area contributed by atoms with Gasteiger partial charge in [-0.25, -0.2) is 0 Å². The first-order valence-electron chi connectivity index (χ1n) is 25.3. The maximum Gasteiger partial charge on any atom is 0.260 e. The normalized spacial score (nSPS) is 11.6. The first-order chi connectivity index (χ1) is 37.0. The van der Waals surface area contributed by atoms with Crippen LogP contribution < -0.4 is 4.90 Å². The molecule has 0 aliphatic rings. The summed E-state index contributed by atoms with van der Waals surface area (Å²) >= 11 is 0. The van der Waals surface area contributed by atoms with Crippen LogP contribution in [0.25, 0.3) is 116 Å². The molecule has 0 saturated heterocycles. The van der Waals surface area contributed by atoms with E-state index in [2.05, 4.69) is 196 Å². The van der Waals surface area contributed by atoms with E-state index in [1.807, 2.05) is 73.8 Å². The lowest BCUT2D eigenvalue weighted by molar-refractivity contribution is 0.0986. The number of benzene rings is 11. The van der Waals surface area contributed by atoms with Gasteiger partial charge < -0.3 is 18.6 Å². The number of hydrogen-bond acceptors (Lipinski definition) is 2. The number of anilines is 1. The van der Waals surface area contributed by atoms with Gasteiger partial charge in [-0.05, 0) is 101 Å². The Kier molecular flexibility index (Phi) is 10.3. The highest BCUT2D eigenvalue weighted by atomic mass is 16.2. The average molecular weight is 963 g/mol. The molecular formula is C69H46N4O2. The van der Waals surface area contributed by atoms with Gasteiger partial charge in [-0.3, -0.25) is 9.59 Å². The Bertz CT molecular complexity index is 4250. The third kappa shape index (κ3) is 6.95. The van der Waals surface area contributed by atoms with E-state index < -0.39 is 0 Å². The molecule has 1 amide bonds. The summed E-state index contributed by atoms with van der Waals surface area (Å²) in [7, 11) is 1.84. The summed E-state index contributed by atoms with van der Waals surface area (Å²) in [4.78, 5) is 31.4. The van der Waals surface area contributed by atoms with Crippen LogP contribution in [0, 0.1) is 0 Å². The summed E-state index contributed by atoms with van der Waals surface area (Å²) in [6.07, 6.45) is 0.813. The van der Waals surface area contributed by atoms with Crippen molar-refractivity contribution in [2.75, 3.05) is 11.9 Å². The van der Waals surface area contributed by atoms with Gasteiger partial charge in [0.15, 0.2) is 6.29 Å². The number of carbonyl (C=O) groups excluding carboxylic acids is 2. The summed E-state index contributed by atoms with van der Waals surface area (Å²) in [6.45, 7) is 0. The van der Waals surface area contributed by atoms with Gasteiger partial charge in [0.1, 0.15) is 0 Å². The predicted molar refractivity (Wildman–Crippen MR) is 310 cm³/mol. The standard InChI is InChI=1S/C69H46N4O2/c1-70(68-56(46-22-7-3-8-23-46)40-49(45-20-5-2-6-21-45)41-57(68)47-24-9-4-10-25-47)69(75)67-48(44-74)26-19-35-66(67)73-64-38-36-50(71-60-31-15-11-27-52(60)53-28-12-16-32-61(53)71)42-58(64)59-43-51(37-39-65(59)73)72-62-33-17-13-29-54(62)55-30-14-18-34-63(55)72/h2-44H,1H3. The fourth-order valence-electron chi connectivity index (χ4n) is 11.8. The van der Waals surface area contributed by atoms with Gasteiger partial charge in [0, 0.05) is 67.4 Å². The van der Waals surface area contributed by atoms with E-state index >= 15 is 4.79 Å². The summed E-state index contributed by atoms with van der Waals surface area (Å²) in [5.74, 6) is -0.312. The minimum Gasteiger partial charge on any atom is -0.310 e. The van der Waals surface area contributed by atoms with Crippen LogP contribution in [0.15, 0.2) is 255 Å². The predicted octanol–water partition coefficient (Wildman–Crippen LogP) is 17.1. The molecule has 0 atom stereocenters. The first-order valence-corrected chi connectivity index (χ1v) is 25.3. The highest BCUT2D eigenvalue weighted by Gasteiger charge is 2.29. The smallest absolute Gasteiger partial charge is 0.260 e. The third-order valence-electron chi connectivity index (χ3n) is 15.1. The highest BCUT2D eigenvalue weighted by molar-refractivity contribution is 6.18. The van der Waals surface area contributed by atoms with E-state index in [4.69, 9.17) is 0 Å². The molecule has 0 aliphatic heterocycles. The molecule has 6 heteroatoms. The van der Waals surface area contributed by atoms with Crippen LogP contribution in [-0.2, 0) is 0 Å².